The van der Waals surface area contributed by atoms with E-state index in [1.54, 1.807) is 18.3 Å². The van der Waals surface area contributed by atoms with Gasteiger partial charge in [-0.1, -0.05) is 0 Å². The molecule has 1 atom stereocenters. The molecule has 0 bridgehead atoms. The van der Waals surface area contributed by atoms with E-state index in [2.05, 4.69) is 25.8 Å². The van der Waals surface area contributed by atoms with Crippen LogP contribution in [0.1, 0.15) is 18.4 Å². The van der Waals surface area contributed by atoms with Gasteiger partial charge in [0.2, 0.25) is 5.91 Å². The number of hydrogen-bond donors (Lipinski definition) is 3. The van der Waals surface area contributed by atoms with E-state index < -0.39 is 17.5 Å². The second kappa shape index (κ2) is 7.19. The molecule has 1 saturated heterocycles. The van der Waals surface area contributed by atoms with Gasteiger partial charge in [0, 0.05) is 36.2 Å². The first-order chi connectivity index (χ1) is 13.8. The summed E-state index contributed by atoms with van der Waals surface area (Å²) in [6.07, 6.45) is -1.82. The first-order valence-corrected chi connectivity index (χ1v) is 8.88. The van der Waals surface area contributed by atoms with Gasteiger partial charge in [0.15, 0.2) is 5.82 Å². The van der Waals surface area contributed by atoms with Gasteiger partial charge in [0.25, 0.3) is 0 Å². The molecule has 29 heavy (non-hydrogen) atoms. The second-order valence-electron chi connectivity index (χ2n) is 6.71. The molecule has 4 rings (SSSR count). The van der Waals surface area contributed by atoms with Crippen molar-refractivity contribution in [2.24, 2.45) is 0 Å². The maximum atomic E-state index is 12.9. The fourth-order valence-electron chi connectivity index (χ4n) is 3.26. The third-order valence-corrected chi connectivity index (χ3v) is 4.72. The number of pyridine rings is 1. The number of carbonyl (C=O) groups is 1. The van der Waals surface area contributed by atoms with Crippen molar-refractivity contribution in [1.29, 1.82) is 0 Å². The average Bonchev–Trinajstić information content (AvgIpc) is 3.11. The van der Waals surface area contributed by atoms with Crippen LogP contribution in [0.15, 0.2) is 36.5 Å². The van der Waals surface area contributed by atoms with Gasteiger partial charge in [0.1, 0.15) is 17.0 Å². The van der Waals surface area contributed by atoms with Crippen LogP contribution < -0.4 is 10.6 Å². The summed E-state index contributed by atoms with van der Waals surface area (Å²) in [5.41, 5.74) is -0.149. The number of carbonyl (C=O) groups excluding carboxylic acids is 1. The number of fused-ring (bicyclic) bond motifs is 1. The SMILES string of the molecule is O=C1CC[C@@H](CNc2nnc(-c3ccc(C(F)(F)F)cc3O)c3cccnc23)N1. The van der Waals surface area contributed by atoms with Crippen molar-refractivity contribution in [3.05, 3.63) is 42.1 Å². The zero-order valence-electron chi connectivity index (χ0n) is 15.0. The number of alkyl halides is 3. The Morgan fingerprint density at radius 1 is 1.24 bits per heavy atom. The summed E-state index contributed by atoms with van der Waals surface area (Å²) in [6.45, 7) is 0.441. The van der Waals surface area contributed by atoms with Gasteiger partial charge < -0.3 is 15.7 Å². The number of rotatable bonds is 4. The Balaban J connectivity index is 1.69. The van der Waals surface area contributed by atoms with Gasteiger partial charge in [-0.3, -0.25) is 9.78 Å². The average molecular weight is 403 g/mol. The topological polar surface area (TPSA) is 100 Å². The number of aromatic hydroxyl groups is 1. The molecule has 150 valence electrons. The summed E-state index contributed by atoms with van der Waals surface area (Å²) < 4.78 is 38.6. The Morgan fingerprint density at radius 2 is 2.07 bits per heavy atom. The lowest BCUT2D eigenvalue weighted by Gasteiger charge is -2.14. The minimum Gasteiger partial charge on any atom is -0.507 e. The highest BCUT2D eigenvalue weighted by Gasteiger charge is 2.31. The van der Waals surface area contributed by atoms with Crippen molar-refractivity contribution in [1.82, 2.24) is 20.5 Å². The number of nitrogens with zero attached hydrogens (tertiary/aromatic N) is 3. The summed E-state index contributed by atoms with van der Waals surface area (Å²) in [6, 6.07) is 6.04. The number of hydrogen-bond acceptors (Lipinski definition) is 6. The van der Waals surface area contributed by atoms with E-state index in [9.17, 15) is 23.1 Å². The van der Waals surface area contributed by atoms with Crippen LogP contribution in [0.25, 0.3) is 22.2 Å². The lowest BCUT2D eigenvalue weighted by molar-refractivity contribution is -0.137. The van der Waals surface area contributed by atoms with Crippen molar-refractivity contribution in [2.45, 2.75) is 25.1 Å². The Hall–Kier alpha value is -3.43. The summed E-state index contributed by atoms with van der Waals surface area (Å²) in [5.74, 6) is -0.162. The number of phenolic OH excluding ortho intramolecular Hbond substituents is 1. The number of nitrogens with one attached hydrogen (secondary N) is 2. The van der Waals surface area contributed by atoms with Crippen LogP contribution in [0, 0.1) is 0 Å². The molecular formula is C19H16F3N5O2. The van der Waals surface area contributed by atoms with E-state index in [-0.39, 0.29) is 23.2 Å². The molecule has 3 heterocycles. The largest absolute Gasteiger partial charge is 0.507 e. The number of amides is 1. The maximum absolute atomic E-state index is 12.9. The summed E-state index contributed by atoms with van der Waals surface area (Å²) >= 11 is 0. The van der Waals surface area contributed by atoms with Gasteiger partial charge in [-0.15, -0.1) is 10.2 Å². The third-order valence-electron chi connectivity index (χ3n) is 4.72. The van der Waals surface area contributed by atoms with Crippen molar-refractivity contribution < 1.29 is 23.1 Å². The van der Waals surface area contributed by atoms with E-state index in [0.717, 1.165) is 12.1 Å². The van der Waals surface area contributed by atoms with Crippen LogP contribution in [0.4, 0.5) is 19.0 Å². The number of aromatic nitrogens is 3. The minimum absolute atomic E-state index is 0.000931. The van der Waals surface area contributed by atoms with Crippen LogP contribution in [0.3, 0.4) is 0 Å². The van der Waals surface area contributed by atoms with E-state index in [4.69, 9.17) is 0 Å². The van der Waals surface area contributed by atoms with Gasteiger partial charge in [0.05, 0.1) is 5.56 Å². The third kappa shape index (κ3) is 3.78. The van der Waals surface area contributed by atoms with Gasteiger partial charge in [-0.05, 0) is 36.8 Å². The molecule has 0 aliphatic carbocycles. The molecule has 1 fully saturated rings. The molecule has 1 aliphatic rings. The molecular weight excluding hydrogens is 387 g/mol. The van der Waals surface area contributed by atoms with Crippen LogP contribution in [0.5, 0.6) is 5.75 Å². The predicted octanol–water partition coefficient (Wildman–Crippen LogP) is 3.11. The zero-order chi connectivity index (χ0) is 20.6. The molecule has 2 aromatic heterocycles. The molecule has 0 unspecified atom stereocenters. The number of halogens is 3. The van der Waals surface area contributed by atoms with Crippen LogP contribution in [-0.2, 0) is 11.0 Å². The maximum Gasteiger partial charge on any atom is 0.416 e. The molecule has 10 heteroatoms. The molecule has 3 N–H and O–H groups in total. The molecule has 1 aliphatic heterocycles. The van der Waals surface area contributed by atoms with Gasteiger partial charge in [-0.25, -0.2) is 0 Å². The highest BCUT2D eigenvalue weighted by molar-refractivity contribution is 5.98. The molecule has 1 aromatic carbocycles. The molecule has 1 amide bonds. The Labute approximate surface area is 163 Å². The first-order valence-electron chi connectivity index (χ1n) is 8.88. The van der Waals surface area contributed by atoms with Crippen molar-refractivity contribution in [3.8, 4) is 17.0 Å². The lowest BCUT2D eigenvalue weighted by Crippen LogP contribution is -2.32. The normalized spacial score (nSPS) is 16.8. The molecule has 7 nitrogen and oxygen atoms in total. The highest BCUT2D eigenvalue weighted by atomic mass is 19.4. The quantitative estimate of drug-likeness (QED) is 0.619. The minimum atomic E-state index is -4.56. The van der Waals surface area contributed by atoms with Crippen molar-refractivity contribution in [2.75, 3.05) is 11.9 Å². The van der Waals surface area contributed by atoms with E-state index in [1.807, 2.05) is 0 Å². The van der Waals surface area contributed by atoms with Crippen LogP contribution >= 0.6 is 0 Å². The number of anilines is 1. The van der Waals surface area contributed by atoms with Gasteiger partial charge >= 0.3 is 6.18 Å². The standard InChI is InChI=1S/C19H16F3N5O2/c20-19(21,22)10-3-5-12(14(28)8-10)16-13-2-1-7-23-17(13)18(27-26-16)24-9-11-4-6-15(29)25-11/h1-3,5,7-8,11,28H,4,6,9H2,(H,24,27)(H,25,29)/t11-/m0/s1. The Bertz CT molecular complexity index is 1090. The van der Waals surface area contributed by atoms with Gasteiger partial charge in [-0.2, -0.15) is 13.2 Å². The highest BCUT2D eigenvalue weighted by Crippen LogP contribution is 2.38. The second-order valence-corrected chi connectivity index (χ2v) is 6.71. The molecule has 0 spiro atoms. The van der Waals surface area contributed by atoms with E-state index >= 15 is 0 Å². The van der Waals surface area contributed by atoms with E-state index in [0.29, 0.717) is 42.2 Å². The Morgan fingerprint density at radius 3 is 2.76 bits per heavy atom. The monoisotopic (exact) mass is 403 g/mol. The van der Waals surface area contributed by atoms with Crippen LogP contribution in [-0.4, -0.2) is 38.8 Å². The summed E-state index contributed by atoms with van der Waals surface area (Å²) in [5, 5.41) is 24.9. The first kappa shape index (κ1) is 18.9. The summed E-state index contributed by atoms with van der Waals surface area (Å²) in [7, 11) is 0. The fourth-order valence-corrected chi connectivity index (χ4v) is 3.26. The van der Waals surface area contributed by atoms with Crippen molar-refractivity contribution >= 4 is 22.6 Å². The zero-order valence-corrected chi connectivity index (χ0v) is 15.0. The van der Waals surface area contributed by atoms with Crippen molar-refractivity contribution in [3.63, 3.8) is 0 Å². The fraction of sp³-hybridized carbons (Fsp3) is 0.263. The lowest BCUT2D eigenvalue weighted by atomic mass is 10.0. The summed E-state index contributed by atoms with van der Waals surface area (Å²) in [4.78, 5) is 15.6. The molecule has 0 saturated carbocycles. The predicted molar refractivity (Wildman–Crippen MR) is 99.1 cm³/mol. The smallest absolute Gasteiger partial charge is 0.416 e. The Kier molecular flexibility index (Phi) is 4.69. The number of benzene rings is 1. The van der Waals surface area contributed by atoms with E-state index in [1.165, 1.54) is 0 Å². The molecule has 3 aromatic rings. The van der Waals surface area contributed by atoms with Crippen LogP contribution in [0.2, 0.25) is 0 Å². The molecule has 0 radical (unpaired) electrons. The number of phenols is 1.